The van der Waals surface area contributed by atoms with Gasteiger partial charge in [0.15, 0.2) is 11.5 Å². The van der Waals surface area contributed by atoms with Gasteiger partial charge in [0.25, 0.3) is 0 Å². The molecule has 0 bridgehead atoms. The number of benzene rings is 1. The van der Waals surface area contributed by atoms with Gasteiger partial charge in [-0.1, -0.05) is 0 Å². The van der Waals surface area contributed by atoms with E-state index in [1.54, 1.807) is 27.4 Å². The molecule has 0 aromatic heterocycles. The van der Waals surface area contributed by atoms with Crippen molar-refractivity contribution in [2.75, 3.05) is 48.0 Å². The van der Waals surface area contributed by atoms with Crippen molar-refractivity contribution in [2.24, 2.45) is 0 Å². The second kappa shape index (κ2) is 11.1. The van der Waals surface area contributed by atoms with Crippen molar-refractivity contribution in [1.82, 2.24) is 15.5 Å². The number of halogens is 1. The number of likely N-dealkylation sites (N-methyl/N-ethyl adjacent to an activating group) is 1. The Bertz CT molecular complexity index is 586. The van der Waals surface area contributed by atoms with E-state index in [1.165, 1.54) is 0 Å². The monoisotopic (exact) mass is 387 g/mol. The van der Waals surface area contributed by atoms with Crippen molar-refractivity contribution < 1.29 is 19.0 Å². The van der Waals surface area contributed by atoms with Crippen molar-refractivity contribution in [3.05, 3.63) is 17.7 Å². The minimum Gasteiger partial charge on any atom is -0.496 e. The zero-order valence-electron chi connectivity index (χ0n) is 16.0. The van der Waals surface area contributed by atoms with Crippen LogP contribution in [0.2, 0.25) is 0 Å². The van der Waals surface area contributed by atoms with Gasteiger partial charge in [-0.15, -0.1) is 12.4 Å². The number of amides is 1. The molecular formula is C18H30ClN3O4. The van der Waals surface area contributed by atoms with Gasteiger partial charge in [-0.2, -0.15) is 0 Å². The highest BCUT2D eigenvalue weighted by atomic mass is 35.5. The Balaban J connectivity index is 0.00000338. The van der Waals surface area contributed by atoms with Gasteiger partial charge in [0.1, 0.15) is 5.75 Å². The average molecular weight is 388 g/mol. The predicted octanol–water partition coefficient (Wildman–Crippen LogP) is 1.43. The minimum absolute atomic E-state index is 0. The maximum atomic E-state index is 12.3. The number of likely N-dealkylation sites (tertiary alicyclic amines) is 1. The molecule has 0 saturated carbocycles. The smallest absolute Gasteiger partial charge is 0.234 e. The molecule has 0 radical (unpaired) electrons. The molecular weight excluding hydrogens is 358 g/mol. The van der Waals surface area contributed by atoms with Crippen LogP contribution in [-0.4, -0.2) is 64.9 Å². The number of nitrogens with one attached hydrogen (secondary N) is 2. The van der Waals surface area contributed by atoms with E-state index in [9.17, 15) is 4.79 Å². The van der Waals surface area contributed by atoms with Crippen LogP contribution < -0.4 is 24.8 Å². The van der Waals surface area contributed by atoms with Crippen molar-refractivity contribution in [3.63, 3.8) is 0 Å². The highest BCUT2D eigenvalue weighted by Crippen LogP contribution is 2.34. The Labute approximate surface area is 161 Å². The highest BCUT2D eigenvalue weighted by Gasteiger charge is 2.20. The molecule has 1 aromatic rings. The number of carbonyl (C=O) groups excluding carboxylic acids is 1. The summed E-state index contributed by atoms with van der Waals surface area (Å²) in [4.78, 5) is 14.5. The SMILES string of the molecule is CNC1CCCN(CC(=O)NCc2cc(OC)c(OC)cc2OC)C1.Cl. The van der Waals surface area contributed by atoms with Crippen LogP contribution in [0.15, 0.2) is 12.1 Å². The Morgan fingerprint density at radius 2 is 1.81 bits per heavy atom. The van der Waals surface area contributed by atoms with Gasteiger partial charge in [0, 0.05) is 30.8 Å². The minimum atomic E-state index is 0. The highest BCUT2D eigenvalue weighted by molar-refractivity contribution is 5.85. The number of hydrogen-bond acceptors (Lipinski definition) is 6. The lowest BCUT2D eigenvalue weighted by Gasteiger charge is -2.31. The Morgan fingerprint density at radius 1 is 1.15 bits per heavy atom. The molecule has 2 rings (SSSR count). The summed E-state index contributed by atoms with van der Waals surface area (Å²) in [6, 6.07) is 4.06. The molecule has 0 aliphatic carbocycles. The Hall–Kier alpha value is -1.70. The third-order valence-electron chi connectivity index (χ3n) is 4.54. The van der Waals surface area contributed by atoms with Gasteiger partial charge in [-0.25, -0.2) is 0 Å². The molecule has 148 valence electrons. The molecule has 26 heavy (non-hydrogen) atoms. The first-order valence-electron chi connectivity index (χ1n) is 8.56. The molecule has 1 unspecified atom stereocenters. The van der Waals surface area contributed by atoms with E-state index >= 15 is 0 Å². The predicted molar refractivity (Wildman–Crippen MR) is 104 cm³/mol. The molecule has 1 aliphatic heterocycles. The molecule has 1 aliphatic rings. The Kier molecular flexibility index (Phi) is 9.54. The van der Waals surface area contributed by atoms with Crippen LogP contribution in [-0.2, 0) is 11.3 Å². The zero-order chi connectivity index (χ0) is 18.2. The fraction of sp³-hybridized carbons (Fsp3) is 0.611. The third-order valence-corrected chi connectivity index (χ3v) is 4.54. The summed E-state index contributed by atoms with van der Waals surface area (Å²) in [6.45, 7) is 2.66. The van der Waals surface area contributed by atoms with Crippen molar-refractivity contribution in [1.29, 1.82) is 0 Å². The number of rotatable bonds is 8. The molecule has 1 heterocycles. The summed E-state index contributed by atoms with van der Waals surface area (Å²) in [5, 5.41) is 6.25. The second-order valence-corrected chi connectivity index (χ2v) is 6.16. The van der Waals surface area contributed by atoms with Gasteiger partial charge < -0.3 is 24.8 Å². The molecule has 1 aromatic carbocycles. The molecule has 1 fully saturated rings. The zero-order valence-corrected chi connectivity index (χ0v) is 16.8. The number of nitrogens with zero attached hydrogens (tertiary/aromatic N) is 1. The van der Waals surface area contributed by atoms with Crippen LogP contribution in [0.3, 0.4) is 0 Å². The van der Waals surface area contributed by atoms with E-state index in [4.69, 9.17) is 14.2 Å². The van der Waals surface area contributed by atoms with Crippen molar-refractivity contribution >= 4 is 18.3 Å². The number of ether oxygens (including phenoxy) is 3. The van der Waals surface area contributed by atoms with Crippen LogP contribution in [0, 0.1) is 0 Å². The summed E-state index contributed by atoms with van der Waals surface area (Å²) < 4.78 is 16.0. The van der Waals surface area contributed by atoms with E-state index in [0.717, 1.165) is 31.5 Å². The van der Waals surface area contributed by atoms with Gasteiger partial charge >= 0.3 is 0 Å². The van der Waals surface area contributed by atoms with Gasteiger partial charge in [0.05, 0.1) is 27.9 Å². The number of piperidine rings is 1. The molecule has 1 amide bonds. The average Bonchev–Trinajstić information content (AvgIpc) is 2.65. The first kappa shape index (κ1) is 22.3. The normalized spacial score (nSPS) is 17.2. The van der Waals surface area contributed by atoms with E-state index in [0.29, 0.717) is 36.4 Å². The second-order valence-electron chi connectivity index (χ2n) is 6.16. The summed E-state index contributed by atoms with van der Waals surface area (Å²) in [5.74, 6) is 1.88. The molecule has 0 spiro atoms. The fourth-order valence-corrected chi connectivity index (χ4v) is 3.12. The summed E-state index contributed by atoms with van der Waals surface area (Å²) in [7, 11) is 6.73. The standard InChI is InChI=1S/C18H29N3O4.ClH/c1-19-14-6-5-7-21(11-14)12-18(22)20-10-13-8-16(24-3)17(25-4)9-15(13)23-2;/h8-9,14,19H,5-7,10-12H2,1-4H3,(H,20,22);1H. The van der Waals surface area contributed by atoms with E-state index in [1.807, 2.05) is 13.1 Å². The lowest BCUT2D eigenvalue weighted by Crippen LogP contribution is -2.47. The van der Waals surface area contributed by atoms with E-state index in [-0.39, 0.29) is 18.3 Å². The van der Waals surface area contributed by atoms with Crippen LogP contribution in [0.25, 0.3) is 0 Å². The van der Waals surface area contributed by atoms with E-state index < -0.39 is 0 Å². The maximum absolute atomic E-state index is 12.3. The molecule has 1 atom stereocenters. The lowest BCUT2D eigenvalue weighted by atomic mass is 10.1. The van der Waals surface area contributed by atoms with Crippen LogP contribution in [0.1, 0.15) is 18.4 Å². The first-order chi connectivity index (χ1) is 12.1. The van der Waals surface area contributed by atoms with Gasteiger partial charge in [-0.05, 0) is 32.5 Å². The lowest BCUT2D eigenvalue weighted by molar-refractivity contribution is -0.122. The third kappa shape index (κ3) is 5.93. The topological polar surface area (TPSA) is 72.1 Å². The molecule has 7 nitrogen and oxygen atoms in total. The largest absolute Gasteiger partial charge is 0.496 e. The summed E-state index contributed by atoms with van der Waals surface area (Å²) in [5.41, 5.74) is 0.847. The Morgan fingerprint density at radius 3 is 2.42 bits per heavy atom. The van der Waals surface area contributed by atoms with Gasteiger partial charge in [0.2, 0.25) is 5.91 Å². The van der Waals surface area contributed by atoms with Gasteiger partial charge in [-0.3, -0.25) is 9.69 Å². The quantitative estimate of drug-likeness (QED) is 0.703. The van der Waals surface area contributed by atoms with Crippen molar-refractivity contribution in [3.8, 4) is 17.2 Å². The van der Waals surface area contributed by atoms with E-state index in [2.05, 4.69) is 15.5 Å². The maximum Gasteiger partial charge on any atom is 0.234 e. The fourth-order valence-electron chi connectivity index (χ4n) is 3.12. The first-order valence-corrected chi connectivity index (χ1v) is 8.56. The number of carbonyl (C=O) groups is 1. The van der Waals surface area contributed by atoms with Crippen LogP contribution in [0.5, 0.6) is 17.2 Å². The summed E-state index contributed by atoms with van der Waals surface area (Å²) >= 11 is 0. The molecule has 1 saturated heterocycles. The molecule has 2 N–H and O–H groups in total. The van der Waals surface area contributed by atoms with Crippen molar-refractivity contribution in [2.45, 2.75) is 25.4 Å². The number of methoxy groups -OCH3 is 3. The number of hydrogen-bond donors (Lipinski definition) is 2. The molecule has 8 heteroatoms. The summed E-state index contributed by atoms with van der Waals surface area (Å²) in [6.07, 6.45) is 2.28. The van der Waals surface area contributed by atoms with Crippen LogP contribution in [0.4, 0.5) is 0 Å². The van der Waals surface area contributed by atoms with Crippen LogP contribution >= 0.6 is 12.4 Å².